The van der Waals surface area contributed by atoms with Crippen molar-refractivity contribution in [3.63, 3.8) is 0 Å². The molecule has 122 valence electrons. The van der Waals surface area contributed by atoms with Crippen LogP contribution >= 0.6 is 0 Å². The molecule has 2 fully saturated rings. The van der Waals surface area contributed by atoms with Gasteiger partial charge in [-0.1, -0.05) is 18.2 Å². The fourth-order valence-corrected chi connectivity index (χ4v) is 3.46. The Morgan fingerprint density at radius 1 is 1.22 bits per heavy atom. The van der Waals surface area contributed by atoms with E-state index in [1.54, 1.807) is 7.11 Å². The first-order chi connectivity index (χ1) is 11.3. The van der Waals surface area contributed by atoms with Crippen molar-refractivity contribution in [1.82, 2.24) is 15.1 Å². The lowest BCUT2D eigenvalue weighted by Crippen LogP contribution is -2.30. The first kappa shape index (κ1) is 14.7. The molecule has 0 bridgehead atoms. The van der Waals surface area contributed by atoms with Gasteiger partial charge in [0.25, 0.3) is 0 Å². The van der Waals surface area contributed by atoms with E-state index >= 15 is 0 Å². The molecule has 1 atom stereocenters. The second-order valence-corrected chi connectivity index (χ2v) is 6.59. The van der Waals surface area contributed by atoms with Gasteiger partial charge in [-0.3, -0.25) is 4.90 Å². The van der Waals surface area contributed by atoms with Gasteiger partial charge in [-0.2, -0.15) is 0 Å². The van der Waals surface area contributed by atoms with Gasteiger partial charge in [-0.15, -0.1) is 10.2 Å². The molecule has 1 saturated heterocycles. The Hall–Kier alpha value is -1.88. The number of benzene rings is 1. The van der Waals surface area contributed by atoms with E-state index in [0.29, 0.717) is 12.0 Å². The lowest BCUT2D eigenvalue weighted by Gasteiger charge is -2.23. The molecule has 2 heterocycles. The number of nitrogens with zero attached hydrogens (tertiary/aromatic N) is 3. The molecule has 0 N–H and O–H groups in total. The second kappa shape index (κ2) is 6.32. The molecule has 0 amide bonds. The minimum Gasteiger partial charge on any atom is -0.496 e. The summed E-state index contributed by atoms with van der Waals surface area (Å²) in [5.74, 6) is 3.10. The van der Waals surface area contributed by atoms with E-state index in [4.69, 9.17) is 9.15 Å². The van der Waals surface area contributed by atoms with Gasteiger partial charge in [-0.25, -0.2) is 0 Å². The molecular weight excluding hydrogens is 290 g/mol. The van der Waals surface area contributed by atoms with Crippen LogP contribution in [-0.2, 0) is 13.0 Å². The predicted molar refractivity (Wildman–Crippen MR) is 86.4 cm³/mol. The highest BCUT2D eigenvalue weighted by Gasteiger charge is 2.31. The van der Waals surface area contributed by atoms with E-state index in [9.17, 15) is 0 Å². The van der Waals surface area contributed by atoms with Crippen molar-refractivity contribution < 1.29 is 9.15 Å². The second-order valence-electron chi connectivity index (χ2n) is 6.59. The van der Waals surface area contributed by atoms with Crippen LogP contribution in [0.25, 0.3) is 0 Å². The van der Waals surface area contributed by atoms with Gasteiger partial charge < -0.3 is 9.15 Å². The SMILES string of the molecule is COc1ccccc1CC1CCCN1Cc1nnc(C2CC2)o1. The fraction of sp³-hybridized carbons (Fsp3) is 0.556. The molecule has 5 heteroatoms. The number of hydrogen-bond donors (Lipinski definition) is 0. The molecule has 0 spiro atoms. The zero-order chi connectivity index (χ0) is 15.6. The Kier molecular flexibility index (Phi) is 4.04. The van der Waals surface area contributed by atoms with Crippen LogP contribution in [0.15, 0.2) is 28.7 Å². The average Bonchev–Trinajstić information content (AvgIpc) is 3.18. The summed E-state index contributed by atoms with van der Waals surface area (Å²) in [6, 6.07) is 8.81. The van der Waals surface area contributed by atoms with Crippen LogP contribution in [0.4, 0.5) is 0 Å². The van der Waals surface area contributed by atoms with E-state index < -0.39 is 0 Å². The molecule has 5 nitrogen and oxygen atoms in total. The van der Waals surface area contributed by atoms with Gasteiger partial charge in [0, 0.05) is 12.0 Å². The topological polar surface area (TPSA) is 51.4 Å². The Labute approximate surface area is 136 Å². The highest BCUT2D eigenvalue weighted by Crippen LogP contribution is 2.39. The summed E-state index contributed by atoms with van der Waals surface area (Å²) in [5, 5.41) is 8.43. The summed E-state index contributed by atoms with van der Waals surface area (Å²) in [5.41, 5.74) is 1.27. The maximum absolute atomic E-state index is 5.82. The van der Waals surface area contributed by atoms with Crippen molar-refractivity contribution in [2.45, 2.75) is 50.6 Å². The molecule has 0 radical (unpaired) electrons. The van der Waals surface area contributed by atoms with E-state index in [1.165, 1.54) is 31.2 Å². The number of rotatable bonds is 6. The quantitative estimate of drug-likeness (QED) is 0.820. The third-order valence-corrected chi connectivity index (χ3v) is 4.89. The maximum Gasteiger partial charge on any atom is 0.230 e. The molecule has 1 aromatic carbocycles. The van der Waals surface area contributed by atoms with Gasteiger partial charge in [0.05, 0.1) is 13.7 Å². The van der Waals surface area contributed by atoms with Gasteiger partial charge in [0.15, 0.2) is 0 Å². The van der Waals surface area contributed by atoms with Crippen LogP contribution in [0.5, 0.6) is 5.75 Å². The highest BCUT2D eigenvalue weighted by molar-refractivity contribution is 5.34. The molecule has 23 heavy (non-hydrogen) atoms. The fourth-order valence-electron chi connectivity index (χ4n) is 3.46. The highest BCUT2D eigenvalue weighted by atomic mass is 16.5. The first-order valence-electron chi connectivity index (χ1n) is 8.51. The maximum atomic E-state index is 5.82. The summed E-state index contributed by atoms with van der Waals surface area (Å²) in [7, 11) is 1.74. The zero-order valence-electron chi connectivity index (χ0n) is 13.6. The van der Waals surface area contributed by atoms with Crippen molar-refractivity contribution in [1.29, 1.82) is 0 Å². The van der Waals surface area contributed by atoms with E-state index in [0.717, 1.165) is 37.0 Å². The van der Waals surface area contributed by atoms with E-state index in [2.05, 4.69) is 27.2 Å². The minimum absolute atomic E-state index is 0.516. The van der Waals surface area contributed by atoms with Crippen molar-refractivity contribution in [2.24, 2.45) is 0 Å². The van der Waals surface area contributed by atoms with Gasteiger partial charge in [0.2, 0.25) is 11.8 Å². The average molecular weight is 313 g/mol. The van der Waals surface area contributed by atoms with E-state index in [1.807, 2.05) is 12.1 Å². The summed E-state index contributed by atoms with van der Waals surface area (Å²) in [4.78, 5) is 2.47. The van der Waals surface area contributed by atoms with Gasteiger partial charge in [0.1, 0.15) is 5.75 Å². The van der Waals surface area contributed by atoms with Crippen molar-refractivity contribution in [3.8, 4) is 5.75 Å². The number of likely N-dealkylation sites (tertiary alicyclic amines) is 1. The number of hydrogen-bond acceptors (Lipinski definition) is 5. The summed E-state index contributed by atoms with van der Waals surface area (Å²) in [6.07, 6.45) is 5.84. The Balaban J connectivity index is 1.43. The standard InChI is InChI=1S/C18H23N3O2/c1-22-16-7-3-2-5-14(16)11-15-6-4-10-21(15)12-17-19-20-18(23-17)13-8-9-13/h2-3,5,7,13,15H,4,6,8-12H2,1H3. The van der Waals surface area contributed by atoms with Crippen molar-refractivity contribution in [3.05, 3.63) is 41.6 Å². The third-order valence-electron chi connectivity index (χ3n) is 4.89. The van der Waals surface area contributed by atoms with Crippen LogP contribution in [0.1, 0.15) is 48.9 Å². The predicted octanol–water partition coefficient (Wildman–Crippen LogP) is 3.16. The molecule has 2 aromatic rings. The van der Waals surface area contributed by atoms with Crippen LogP contribution in [-0.4, -0.2) is 34.8 Å². The normalized spacial score (nSPS) is 21.7. The molecule has 1 unspecified atom stereocenters. The Morgan fingerprint density at radius 2 is 2.09 bits per heavy atom. The number of methoxy groups -OCH3 is 1. The van der Waals surface area contributed by atoms with E-state index in [-0.39, 0.29) is 0 Å². The number of ether oxygens (including phenoxy) is 1. The first-order valence-corrected chi connectivity index (χ1v) is 8.51. The molecule has 1 saturated carbocycles. The van der Waals surface area contributed by atoms with Crippen LogP contribution < -0.4 is 4.74 Å². The monoisotopic (exact) mass is 313 g/mol. The molecule has 1 aliphatic carbocycles. The summed E-state index contributed by atoms with van der Waals surface area (Å²) >= 11 is 0. The zero-order valence-corrected chi connectivity index (χ0v) is 13.6. The molecule has 1 aliphatic heterocycles. The molecule has 2 aliphatic rings. The van der Waals surface area contributed by atoms with Crippen LogP contribution in [0.3, 0.4) is 0 Å². The minimum atomic E-state index is 0.516. The largest absolute Gasteiger partial charge is 0.496 e. The van der Waals surface area contributed by atoms with Gasteiger partial charge in [-0.05, 0) is 50.3 Å². The van der Waals surface area contributed by atoms with Crippen molar-refractivity contribution in [2.75, 3.05) is 13.7 Å². The molecule has 1 aromatic heterocycles. The smallest absolute Gasteiger partial charge is 0.230 e. The lowest BCUT2D eigenvalue weighted by molar-refractivity contribution is 0.217. The number of para-hydroxylation sites is 1. The van der Waals surface area contributed by atoms with Crippen LogP contribution in [0.2, 0.25) is 0 Å². The third kappa shape index (κ3) is 3.24. The van der Waals surface area contributed by atoms with Gasteiger partial charge >= 0.3 is 0 Å². The molecular formula is C18H23N3O2. The summed E-state index contributed by atoms with van der Waals surface area (Å²) < 4.78 is 11.3. The van der Waals surface area contributed by atoms with Crippen molar-refractivity contribution >= 4 is 0 Å². The van der Waals surface area contributed by atoms with Crippen LogP contribution in [0, 0.1) is 0 Å². The number of aromatic nitrogens is 2. The Morgan fingerprint density at radius 3 is 2.91 bits per heavy atom. The molecule has 4 rings (SSSR count). The Bertz CT molecular complexity index is 666. The summed E-state index contributed by atoms with van der Waals surface area (Å²) in [6.45, 7) is 1.86. The lowest BCUT2D eigenvalue weighted by atomic mass is 10.0.